The van der Waals surface area contributed by atoms with E-state index in [0.717, 1.165) is 31.6 Å². The molecule has 0 saturated carbocycles. The first-order chi connectivity index (χ1) is 12.0. The van der Waals surface area contributed by atoms with E-state index in [1.54, 1.807) is 0 Å². The molecule has 1 unspecified atom stereocenters. The number of amides is 2. The predicted molar refractivity (Wildman–Crippen MR) is 96.2 cm³/mol. The number of benzene rings is 1. The van der Waals surface area contributed by atoms with Crippen LogP contribution in [0.15, 0.2) is 30.3 Å². The molecule has 0 radical (unpaired) electrons. The van der Waals surface area contributed by atoms with E-state index in [2.05, 4.69) is 0 Å². The van der Waals surface area contributed by atoms with Gasteiger partial charge in [0, 0.05) is 37.9 Å². The summed E-state index contributed by atoms with van der Waals surface area (Å²) in [5.74, 6) is 1.37. The van der Waals surface area contributed by atoms with Gasteiger partial charge in [0.15, 0.2) is 0 Å². The van der Waals surface area contributed by atoms with Gasteiger partial charge in [0.25, 0.3) is 0 Å². The van der Waals surface area contributed by atoms with Crippen molar-refractivity contribution in [3.63, 3.8) is 0 Å². The Balaban J connectivity index is 1.47. The summed E-state index contributed by atoms with van der Waals surface area (Å²) in [6, 6.07) is 9.78. The summed E-state index contributed by atoms with van der Waals surface area (Å²) in [5, 5.41) is 0. The number of ether oxygens (including phenoxy) is 1. The van der Waals surface area contributed by atoms with Crippen LogP contribution in [0.4, 0.5) is 0 Å². The number of hydrogen-bond acceptors (Lipinski definition) is 3. The summed E-state index contributed by atoms with van der Waals surface area (Å²) in [4.78, 5) is 28.7. The zero-order valence-corrected chi connectivity index (χ0v) is 15.2. The molecule has 1 atom stereocenters. The molecule has 2 saturated heterocycles. The summed E-state index contributed by atoms with van der Waals surface area (Å²) in [5.41, 5.74) is 0. The first-order valence-corrected chi connectivity index (χ1v) is 9.34. The van der Waals surface area contributed by atoms with E-state index >= 15 is 0 Å². The molecule has 0 N–H and O–H groups in total. The zero-order chi connectivity index (χ0) is 17.8. The minimum absolute atomic E-state index is 0.0294. The summed E-state index contributed by atoms with van der Waals surface area (Å²) in [6.45, 7) is 6.68. The second kappa shape index (κ2) is 7.89. The van der Waals surface area contributed by atoms with Crippen molar-refractivity contribution < 1.29 is 14.3 Å². The average Bonchev–Trinajstić information content (AvgIpc) is 3.10. The Labute approximate surface area is 149 Å². The lowest BCUT2D eigenvalue weighted by Crippen LogP contribution is -2.45. The molecule has 2 aliphatic rings. The fourth-order valence-corrected chi connectivity index (χ4v) is 3.69. The molecule has 2 heterocycles. The fourth-order valence-electron chi connectivity index (χ4n) is 3.69. The van der Waals surface area contributed by atoms with Gasteiger partial charge in [0.2, 0.25) is 11.8 Å². The molecule has 136 valence electrons. The van der Waals surface area contributed by atoms with E-state index in [4.69, 9.17) is 4.74 Å². The number of carbonyl (C=O) groups is 2. The number of hydrogen-bond donors (Lipinski definition) is 0. The van der Waals surface area contributed by atoms with E-state index in [1.807, 2.05) is 54.0 Å². The van der Waals surface area contributed by atoms with Gasteiger partial charge >= 0.3 is 0 Å². The number of likely N-dealkylation sites (tertiary alicyclic amines) is 2. The lowest BCUT2D eigenvalue weighted by molar-refractivity contribution is -0.141. The third-order valence-corrected chi connectivity index (χ3v) is 5.15. The molecule has 0 aromatic heterocycles. The minimum atomic E-state index is 0.0294. The third kappa shape index (κ3) is 4.33. The van der Waals surface area contributed by atoms with Crippen LogP contribution in [0.25, 0.3) is 0 Å². The maximum absolute atomic E-state index is 12.8. The molecule has 5 nitrogen and oxygen atoms in total. The van der Waals surface area contributed by atoms with Gasteiger partial charge in [-0.2, -0.15) is 0 Å². The van der Waals surface area contributed by atoms with Crippen LogP contribution in [0.1, 0.15) is 33.1 Å². The number of piperidine rings is 1. The van der Waals surface area contributed by atoms with Crippen LogP contribution in [0.5, 0.6) is 5.75 Å². The second-order valence-corrected chi connectivity index (χ2v) is 7.38. The van der Waals surface area contributed by atoms with Gasteiger partial charge in [-0.3, -0.25) is 9.59 Å². The quantitative estimate of drug-likeness (QED) is 0.843. The number of rotatable bonds is 4. The molecule has 1 aromatic rings. The molecule has 2 fully saturated rings. The van der Waals surface area contributed by atoms with E-state index in [0.29, 0.717) is 19.6 Å². The molecule has 1 aromatic carbocycles. The molecular weight excluding hydrogens is 316 g/mol. The fraction of sp³-hybridized carbons (Fsp3) is 0.600. The van der Waals surface area contributed by atoms with E-state index in [1.165, 1.54) is 0 Å². The minimum Gasteiger partial charge on any atom is -0.489 e. The van der Waals surface area contributed by atoms with E-state index in [-0.39, 0.29) is 29.8 Å². The van der Waals surface area contributed by atoms with Crippen molar-refractivity contribution in [1.29, 1.82) is 0 Å². The normalized spacial score (nSPS) is 21.6. The molecule has 0 spiro atoms. The van der Waals surface area contributed by atoms with Crippen molar-refractivity contribution in [2.75, 3.05) is 26.2 Å². The highest BCUT2D eigenvalue weighted by Crippen LogP contribution is 2.24. The summed E-state index contributed by atoms with van der Waals surface area (Å²) in [6.07, 6.45) is 2.51. The lowest BCUT2D eigenvalue weighted by atomic mass is 9.94. The van der Waals surface area contributed by atoms with Gasteiger partial charge in [-0.25, -0.2) is 0 Å². The van der Waals surface area contributed by atoms with Crippen LogP contribution >= 0.6 is 0 Å². The molecule has 3 rings (SSSR count). The van der Waals surface area contributed by atoms with Crippen molar-refractivity contribution in [3.8, 4) is 5.75 Å². The Morgan fingerprint density at radius 3 is 2.28 bits per heavy atom. The number of para-hydroxylation sites is 1. The van der Waals surface area contributed by atoms with Crippen LogP contribution in [0.3, 0.4) is 0 Å². The van der Waals surface area contributed by atoms with Gasteiger partial charge in [-0.05, 0) is 25.0 Å². The van der Waals surface area contributed by atoms with Gasteiger partial charge in [0.1, 0.15) is 11.9 Å². The van der Waals surface area contributed by atoms with Gasteiger partial charge in [-0.15, -0.1) is 0 Å². The Kier molecular flexibility index (Phi) is 5.61. The molecular formula is C20H28N2O3. The van der Waals surface area contributed by atoms with Crippen LogP contribution in [-0.4, -0.2) is 53.9 Å². The average molecular weight is 344 g/mol. The van der Waals surface area contributed by atoms with Crippen molar-refractivity contribution in [2.45, 2.75) is 39.2 Å². The summed E-state index contributed by atoms with van der Waals surface area (Å²) >= 11 is 0. The smallest absolute Gasteiger partial charge is 0.225 e. The largest absolute Gasteiger partial charge is 0.489 e. The maximum Gasteiger partial charge on any atom is 0.225 e. The standard InChI is InChI=1S/C20H28N2O3/c1-15(2)19(23)21-11-8-16(9-12-21)20(24)22-13-10-18(14-22)25-17-6-4-3-5-7-17/h3-7,15-16,18H,8-14H2,1-2H3. The van der Waals surface area contributed by atoms with Crippen molar-refractivity contribution >= 4 is 11.8 Å². The summed E-state index contributed by atoms with van der Waals surface area (Å²) in [7, 11) is 0. The number of nitrogens with zero attached hydrogens (tertiary/aromatic N) is 2. The highest BCUT2D eigenvalue weighted by atomic mass is 16.5. The van der Waals surface area contributed by atoms with Crippen LogP contribution < -0.4 is 4.74 Å². The molecule has 5 heteroatoms. The third-order valence-electron chi connectivity index (χ3n) is 5.15. The first-order valence-electron chi connectivity index (χ1n) is 9.34. The van der Waals surface area contributed by atoms with Gasteiger partial charge in [-0.1, -0.05) is 32.0 Å². The molecule has 0 aliphatic carbocycles. The van der Waals surface area contributed by atoms with Crippen LogP contribution in [-0.2, 0) is 9.59 Å². The zero-order valence-electron chi connectivity index (χ0n) is 15.2. The summed E-state index contributed by atoms with van der Waals surface area (Å²) < 4.78 is 5.97. The SMILES string of the molecule is CC(C)C(=O)N1CCC(C(=O)N2CCC(Oc3ccccc3)C2)CC1. The molecule has 2 aliphatic heterocycles. The lowest BCUT2D eigenvalue weighted by Gasteiger charge is -2.34. The Morgan fingerprint density at radius 2 is 1.64 bits per heavy atom. The predicted octanol–water partition coefficient (Wildman–Crippen LogP) is 2.56. The molecule has 0 bridgehead atoms. The van der Waals surface area contributed by atoms with Crippen LogP contribution in [0.2, 0.25) is 0 Å². The Hall–Kier alpha value is -2.04. The molecule has 25 heavy (non-hydrogen) atoms. The van der Waals surface area contributed by atoms with Crippen molar-refractivity contribution in [2.24, 2.45) is 11.8 Å². The Morgan fingerprint density at radius 1 is 1.00 bits per heavy atom. The number of carbonyl (C=O) groups excluding carboxylic acids is 2. The van der Waals surface area contributed by atoms with E-state index in [9.17, 15) is 9.59 Å². The highest BCUT2D eigenvalue weighted by molar-refractivity contribution is 5.81. The maximum atomic E-state index is 12.8. The van der Waals surface area contributed by atoms with Crippen molar-refractivity contribution in [1.82, 2.24) is 9.80 Å². The monoisotopic (exact) mass is 344 g/mol. The van der Waals surface area contributed by atoms with Crippen LogP contribution in [0, 0.1) is 11.8 Å². The van der Waals surface area contributed by atoms with E-state index < -0.39 is 0 Å². The topological polar surface area (TPSA) is 49.9 Å². The molecule has 2 amide bonds. The second-order valence-electron chi connectivity index (χ2n) is 7.38. The van der Waals surface area contributed by atoms with Gasteiger partial charge < -0.3 is 14.5 Å². The first kappa shape index (κ1) is 17.8. The van der Waals surface area contributed by atoms with Crippen molar-refractivity contribution in [3.05, 3.63) is 30.3 Å². The van der Waals surface area contributed by atoms with Gasteiger partial charge in [0.05, 0.1) is 6.54 Å². The Bertz CT molecular complexity index is 594. The highest BCUT2D eigenvalue weighted by Gasteiger charge is 2.34.